The van der Waals surface area contributed by atoms with E-state index in [4.69, 9.17) is 37.9 Å². The fraction of sp³-hybridized carbons (Fsp3) is 0.452. The topological polar surface area (TPSA) is 178 Å². The molecule has 0 unspecified atom stereocenters. The number of rotatable bonds is 13. The van der Waals surface area contributed by atoms with Crippen molar-refractivity contribution in [3.05, 3.63) is 95.9 Å². The summed E-state index contributed by atoms with van der Waals surface area (Å²) < 4.78 is 46.0. The Bertz CT molecular complexity index is 1990. The maximum Gasteiger partial charge on any atom is 0.337 e. The van der Waals surface area contributed by atoms with Gasteiger partial charge < -0.3 is 42.9 Å². The first-order valence-electron chi connectivity index (χ1n) is 18.8. The molecule has 0 radical (unpaired) electrons. The van der Waals surface area contributed by atoms with E-state index in [1.165, 1.54) is 25.9 Å². The zero-order chi connectivity index (χ0) is 40.8. The number of esters is 5. The SMILES string of the molecule is C=C[C@H]1[C@H](O[C@@H]2O[C@H](COC(C)=O)[C@@H](OC(C)=O)[C@H](OC(C)=O)[C@H]2OC(C)=O)OC=C(C(=O)OC)[C@H]1C[C@@H]1c2[nH]c3ccccc3c2CCN1Cc1ccccc1. The van der Waals surface area contributed by atoms with Gasteiger partial charge in [-0.3, -0.25) is 24.1 Å². The van der Waals surface area contributed by atoms with Crippen LogP contribution in [0.25, 0.3) is 10.9 Å². The zero-order valence-corrected chi connectivity index (χ0v) is 32.5. The highest BCUT2D eigenvalue weighted by atomic mass is 16.8. The average molecular weight is 789 g/mol. The Morgan fingerprint density at radius 2 is 1.53 bits per heavy atom. The number of carbonyl (C=O) groups excluding carboxylic acids is 5. The Kier molecular flexibility index (Phi) is 13.1. The summed E-state index contributed by atoms with van der Waals surface area (Å²) in [6.45, 7) is 9.67. The molecule has 0 spiro atoms. The second kappa shape index (κ2) is 18.2. The number of benzene rings is 2. The van der Waals surface area contributed by atoms with Crippen molar-refractivity contribution in [1.82, 2.24) is 9.88 Å². The fourth-order valence-corrected chi connectivity index (χ4v) is 8.03. The summed E-state index contributed by atoms with van der Waals surface area (Å²) >= 11 is 0. The van der Waals surface area contributed by atoms with Gasteiger partial charge in [0.2, 0.25) is 12.6 Å². The molecule has 3 aliphatic heterocycles. The lowest BCUT2D eigenvalue weighted by Gasteiger charge is -2.46. The lowest BCUT2D eigenvalue weighted by molar-refractivity contribution is -0.342. The quantitative estimate of drug-likeness (QED) is 0.145. The number of aromatic nitrogens is 1. The van der Waals surface area contributed by atoms with E-state index >= 15 is 0 Å². The van der Waals surface area contributed by atoms with E-state index in [0.717, 1.165) is 55.9 Å². The van der Waals surface area contributed by atoms with E-state index in [1.807, 2.05) is 36.4 Å². The Labute approximate surface area is 330 Å². The number of fused-ring (bicyclic) bond motifs is 3. The Balaban J connectivity index is 1.38. The van der Waals surface area contributed by atoms with Gasteiger partial charge in [-0.25, -0.2) is 4.79 Å². The van der Waals surface area contributed by atoms with Gasteiger partial charge in [0.25, 0.3) is 0 Å². The van der Waals surface area contributed by atoms with Crippen LogP contribution >= 0.6 is 0 Å². The molecular formula is C42H48N2O13. The van der Waals surface area contributed by atoms with Gasteiger partial charge >= 0.3 is 29.8 Å². The molecule has 304 valence electrons. The van der Waals surface area contributed by atoms with Crippen molar-refractivity contribution < 1.29 is 61.9 Å². The van der Waals surface area contributed by atoms with Gasteiger partial charge in [0.15, 0.2) is 18.3 Å². The highest BCUT2D eigenvalue weighted by Gasteiger charge is 2.54. The number of carbonyl (C=O) groups is 5. The van der Waals surface area contributed by atoms with Gasteiger partial charge in [-0.2, -0.15) is 0 Å². The molecule has 1 fully saturated rings. The normalized spacial score (nSPS) is 27.2. The number of para-hydroxylation sites is 1. The summed E-state index contributed by atoms with van der Waals surface area (Å²) in [4.78, 5) is 68.6. The van der Waals surface area contributed by atoms with Crippen LogP contribution in [0.4, 0.5) is 0 Å². The van der Waals surface area contributed by atoms with Gasteiger partial charge in [0.1, 0.15) is 12.7 Å². The summed E-state index contributed by atoms with van der Waals surface area (Å²) in [6, 6.07) is 18.1. The Morgan fingerprint density at radius 3 is 2.19 bits per heavy atom. The number of methoxy groups -OCH3 is 1. The molecule has 2 aromatic carbocycles. The highest BCUT2D eigenvalue weighted by molar-refractivity contribution is 5.89. The van der Waals surface area contributed by atoms with E-state index in [1.54, 1.807) is 6.08 Å². The summed E-state index contributed by atoms with van der Waals surface area (Å²) in [6.07, 6.45) is -4.17. The molecule has 3 aromatic rings. The summed E-state index contributed by atoms with van der Waals surface area (Å²) in [7, 11) is 1.29. The first kappa shape index (κ1) is 41.1. The largest absolute Gasteiger partial charge is 0.471 e. The van der Waals surface area contributed by atoms with Crippen molar-refractivity contribution in [2.45, 2.75) is 90.1 Å². The average Bonchev–Trinajstić information content (AvgIpc) is 3.56. The smallest absolute Gasteiger partial charge is 0.337 e. The third-order valence-electron chi connectivity index (χ3n) is 10.4. The predicted octanol–water partition coefficient (Wildman–Crippen LogP) is 4.59. The molecule has 0 saturated carbocycles. The molecule has 9 atom stereocenters. The molecule has 1 aromatic heterocycles. The number of aromatic amines is 1. The van der Waals surface area contributed by atoms with Crippen molar-refractivity contribution in [2.75, 3.05) is 20.3 Å². The van der Waals surface area contributed by atoms with Crippen molar-refractivity contribution >= 4 is 40.7 Å². The van der Waals surface area contributed by atoms with Gasteiger partial charge in [0.05, 0.1) is 25.0 Å². The maximum atomic E-state index is 13.5. The summed E-state index contributed by atoms with van der Waals surface area (Å²) in [5, 5.41) is 1.14. The van der Waals surface area contributed by atoms with Gasteiger partial charge in [-0.15, -0.1) is 6.58 Å². The van der Waals surface area contributed by atoms with Crippen molar-refractivity contribution in [2.24, 2.45) is 11.8 Å². The van der Waals surface area contributed by atoms with Crippen LogP contribution in [0.5, 0.6) is 0 Å². The van der Waals surface area contributed by atoms with Crippen LogP contribution in [-0.2, 0) is 74.8 Å². The predicted molar refractivity (Wildman–Crippen MR) is 201 cm³/mol. The van der Waals surface area contributed by atoms with Crippen LogP contribution in [0.2, 0.25) is 0 Å². The van der Waals surface area contributed by atoms with E-state index in [9.17, 15) is 24.0 Å². The van der Waals surface area contributed by atoms with Crippen LogP contribution in [0.15, 0.2) is 79.1 Å². The monoisotopic (exact) mass is 788 g/mol. The lowest BCUT2D eigenvalue weighted by Crippen LogP contribution is -2.63. The number of hydrogen-bond donors (Lipinski definition) is 1. The third kappa shape index (κ3) is 9.38. The molecule has 57 heavy (non-hydrogen) atoms. The Hall–Kier alpha value is -5.51. The molecular weight excluding hydrogens is 740 g/mol. The van der Waals surface area contributed by atoms with Crippen LogP contribution < -0.4 is 0 Å². The van der Waals surface area contributed by atoms with E-state index in [2.05, 4.69) is 34.7 Å². The minimum absolute atomic E-state index is 0.216. The van der Waals surface area contributed by atoms with Gasteiger partial charge in [-0.1, -0.05) is 54.6 Å². The van der Waals surface area contributed by atoms with Crippen molar-refractivity contribution in [3.63, 3.8) is 0 Å². The second-order valence-corrected chi connectivity index (χ2v) is 14.2. The number of ether oxygens (including phenoxy) is 8. The van der Waals surface area contributed by atoms with Crippen molar-refractivity contribution in [1.29, 1.82) is 0 Å². The summed E-state index contributed by atoms with van der Waals surface area (Å²) in [5.74, 6) is -4.91. The number of H-pyrrole nitrogens is 1. The third-order valence-corrected chi connectivity index (χ3v) is 10.4. The molecule has 6 rings (SSSR count). The molecule has 1 saturated heterocycles. The highest BCUT2D eigenvalue weighted by Crippen LogP contribution is 2.45. The standard InChI is InChI=1S/C42H48N2O13/c1-7-28-31(19-34-36-30(29-15-11-12-16-33(29)43-36)17-18-44(34)20-27-13-9-8-10-14-27)32(40(49)50-6)21-52-41(28)57-42-39(55-26(5)48)38(54-25(4)47)37(53-24(3)46)35(56-42)22-51-23(2)45/h7-16,21,28,31,34-35,37-39,41-43H,1,17-20,22H2,2-6H3/t28-,31+,34-,35-,37-,38+,39-,41+,42+/m1/s1. The second-order valence-electron chi connectivity index (χ2n) is 14.2. The number of hydrogen-bond acceptors (Lipinski definition) is 14. The van der Waals surface area contributed by atoms with E-state index < -0.39 is 85.3 Å². The number of nitrogens with one attached hydrogen (secondary N) is 1. The van der Waals surface area contributed by atoms with Gasteiger partial charge in [-0.05, 0) is 30.0 Å². The Morgan fingerprint density at radius 1 is 0.860 bits per heavy atom. The van der Waals surface area contributed by atoms with Crippen LogP contribution in [0.1, 0.15) is 57.0 Å². The molecule has 15 heteroatoms. The molecule has 0 aliphatic carbocycles. The minimum atomic E-state index is -1.53. The molecule has 3 aliphatic rings. The van der Waals surface area contributed by atoms with Crippen LogP contribution in [-0.4, -0.2) is 97.0 Å². The fourth-order valence-electron chi connectivity index (χ4n) is 8.03. The zero-order valence-electron chi connectivity index (χ0n) is 32.5. The first-order chi connectivity index (χ1) is 27.4. The minimum Gasteiger partial charge on any atom is -0.471 e. The lowest BCUT2D eigenvalue weighted by atomic mass is 9.77. The van der Waals surface area contributed by atoms with E-state index in [0.29, 0.717) is 13.0 Å². The molecule has 0 amide bonds. The van der Waals surface area contributed by atoms with Crippen molar-refractivity contribution in [3.8, 4) is 0 Å². The van der Waals surface area contributed by atoms with Crippen LogP contribution in [0, 0.1) is 11.8 Å². The first-order valence-corrected chi connectivity index (χ1v) is 18.8. The molecule has 15 nitrogen and oxygen atoms in total. The van der Waals surface area contributed by atoms with Gasteiger partial charge in [0, 0.05) is 69.2 Å². The number of nitrogens with zero attached hydrogens (tertiary/aromatic N) is 1. The molecule has 4 heterocycles. The van der Waals surface area contributed by atoms with E-state index in [-0.39, 0.29) is 11.6 Å². The molecule has 0 bridgehead atoms. The maximum absolute atomic E-state index is 13.5. The molecule has 1 N–H and O–H groups in total. The van der Waals surface area contributed by atoms with Crippen LogP contribution in [0.3, 0.4) is 0 Å². The summed E-state index contributed by atoms with van der Waals surface area (Å²) in [5.41, 5.74) is 4.63.